The Labute approximate surface area is 413 Å². The van der Waals surface area contributed by atoms with Gasteiger partial charge in [0.2, 0.25) is 5.78 Å². The van der Waals surface area contributed by atoms with E-state index in [1.165, 1.54) is 50.5 Å². The molecule has 4 aliphatic heterocycles. The summed E-state index contributed by atoms with van der Waals surface area (Å²) in [7, 11) is 1.12. The fourth-order valence-electron chi connectivity index (χ4n) is 10.1. The number of nitrogens with zero attached hydrogens (tertiary/aromatic N) is 4. The normalized spacial score (nSPS) is 22.6. The minimum atomic E-state index is -2.74. The average Bonchev–Trinajstić information content (AvgIpc) is 4.01. The number of Topliss-reactive ketones (excluding diaryl/α,β-unsaturated/α-hetero) is 1. The molecule has 5 atom stereocenters. The Balaban J connectivity index is 0.00000840. The zero-order valence-electron chi connectivity index (χ0n) is 41.6. The van der Waals surface area contributed by atoms with Crippen molar-refractivity contribution >= 4 is 69.6 Å². The molecule has 0 radical (unpaired) electrons. The van der Waals surface area contributed by atoms with Crippen LogP contribution < -0.4 is 20.8 Å². The smallest absolute Gasteiger partial charge is 0.877 e. The van der Waals surface area contributed by atoms with Crippen molar-refractivity contribution in [1.29, 1.82) is 0 Å². The minimum Gasteiger partial charge on any atom is -0.877 e. The summed E-state index contributed by atoms with van der Waals surface area (Å²) in [6.07, 6.45) is 21.7. The summed E-state index contributed by atoms with van der Waals surface area (Å²) in [4.78, 5) is 61.4. The number of ketones is 1. The molecular formula is C55H70MgN4O7. The second-order valence-corrected chi connectivity index (χ2v) is 19.5. The van der Waals surface area contributed by atoms with Crippen LogP contribution in [-0.4, -0.2) is 82.3 Å². The van der Waals surface area contributed by atoms with Gasteiger partial charge in [-0.25, -0.2) is 14.8 Å². The third-order valence-electron chi connectivity index (χ3n) is 14.2. The molecule has 8 bridgehead atoms. The average molecular weight is 923 g/mol. The molecule has 0 fully saturated rings. The molecule has 5 heterocycles. The Morgan fingerprint density at radius 3 is 2.27 bits per heavy atom. The number of aliphatic hydroxyl groups is 1. The Bertz CT molecular complexity index is 2560. The van der Waals surface area contributed by atoms with Crippen molar-refractivity contribution in [3.8, 4) is 0 Å². The van der Waals surface area contributed by atoms with Crippen LogP contribution in [0.3, 0.4) is 0 Å². The van der Waals surface area contributed by atoms with Gasteiger partial charge >= 0.3 is 35.0 Å². The van der Waals surface area contributed by atoms with Gasteiger partial charge in [0.1, 0.15) is 6.61 Å². The summed E-state index contributed by atoms with van der Waals surface area (Å²) in [5, 5.41) is 25.4. The van der Waals surface area contributed by atoms with E-state index >= 15 is 0 Å². The maximum atomic E-state index is 14.4. The van der Waals surface area contributed by atoms with E-state index in [9.17, 15) is 24.6 Å². The molecule has 1 aromatic heterocycles. The predicted octanol–water partition coefficient (Wildman–Crippen LogP) is 8.12. The number of rotatable bonds is 20. The second-order valence-electron chi connectivity index (χ2n) is 19.5. The molecule has 1 N–H and O–H groups in total. The Kier molecular flexibility index (Phi) is 18.4. The summed E-state index contributed by atoms with van der Waals surface area (Å²) >= 11 is 0. The van der Waals surface area contributed by atoms with Crippen LogP contribution in [0.1, 0.15) is 148 Å². The first-order valence-corrected chi connectivity index (χ1v) is 24.1. The van der Waals surface area contributed by atoms with Gasteiger partial charge in [0.25, 0.3) is 5.60 Å². The van der Waals surface area contributed by atoms with E-state index < -0.39 is 29.2 Å². The summed E-state index contributed by atoms with van der Waals surface area (Å²) in [6.45, 7) is 23.2. The monoisotopic (exact) mass is 923 g/mol. The van der Waals surface area contributed by atoms with E-state index in [1.54, 1.807) is 25.2 Å². The van der Waals surface area contributed by atoms with Gasteiger partial charge in [0.05, 0.1) is 35.6 Å². The van der Waals surface area contributed by atoms with Crippen molar-refractivity contribution in [3.63, 3.8) is 0 Å². The standard InChI is InChI=1S/C55H72N4O7.Mg/c1-12-38-35(8)42-27-43-36(9)40(23-24-48(61)66-26-25-34(7)22-16-21-33(6)20-15-19-32(5)18-14-17-31(3)4)51(58-43)50-52-49(53(62)55(50,64)54(63)65-11)37(10)44(59-52)28-46-39(13-2)41(30-60)47(57-46)29-45(38)56-42;/h12,25,27-33,36,40,64H,1,13-24,26H2,2-11H3,(H2,56,57,58,59,60,62);/q;+2/p-2/b34-25+;/t32-,33-,36+,40+,55+;/m1./s1. The van der Waals surface area contributed by atoms with Crippen LogP contribution in [0.5, 0.6) is 0 Å². The molecule has 67 heavy (non-hydrogen) atoms. The van der Waals surface area contributed by atoms with Crippen LogP contribution in [-0.2, 0) is 19.1 Å². The van der Waals surface area contributed by atoms with Gasteiger partial charge in [0, 0.05) is 40.7 Å². The van der Waals surface area contributed by atoms with Crippen molar-refractivity contribution in [3.05, 3.63) is 104 Å². The first kappa shape index (κ1) is 53.3. The maximum Gasteiger partial charge on any atom is 2.00 e. The van der Waals surface area contributed by atoms with Crippen molar-refractivity contribution < 1.29 is 34.1 Å². The molecular weight excluding hydrogens is 853 g/mol. The van der Waals surface area contributed by atoms with Gasteiger partial charge in [-0.15, -0.1) is 17.0 Å². The largest absolute Gasteiger partial charge is 2.00 e. The van der Waals surface area contributed by atoms with E-state index in [0.717, 1.165) is 49.2 Å². The SMILES string of the molecule is C=CC1=C(C)C2=NC1=CC1=NC(=C(CC)/C1=C\[O-])C=c1[n-]c3c(c1C)C(=O)[C@](O)(C(=O)OC)C=3C1=NC(=C2)[C@@H](C)[C@@H]1CCC(=O)OC/C=C(\C)CCC[C@H](C)CCC[C@H](C)CCCC(C)C.[Mg+2]. The fourth-order valence-corrected chi connectivity index (χ4v) is 10.1. The molecule has 11 nitrogen and oxygen atoms in total. The molecule has 0 amide bonds. The van der Waals surface area contributed by atoms with Crippen LogP contribution in [0.2, 0.25) is 0 Å². The molecule has 1 aliphatic carbocycles. The van der Waals surface area contributed by atoms with Crippen molar-refractivity contribution in [1.82, 2.24) is 4.98 Å². The van der Waals surface area contributed by atoms with Crippen LogP contribution >= 0.6 is 0 Å². The van der Waals surface area contributed by atoms with E-state index in [0.29, 0.717) is 62.9 Å². The molecule has 0 saturated heterocycles. The number of carbonyl (C=O) groups excluding carboxylic acids is 3. The first-order chi connectivity index (χ1) is 31.5. The van der Waals surface area contributed by atoms with Gasteiger partial charge in [-0.3, -0.25) is 14.6 Å². The van der Waals surface area contributed by atoms with Gasteiger partial charge in [-0.05, 0) is 99.2 Å². The Morgan fingerprint density at radius 1 is 0.970 bits per heavy atom. The van der Waals surface area contributed by atoms with Crippen LogP contribution in [0.4, 0.5) is 0 Å². The molecule has 0 saturated carbocycles. The van der Waals surface area contributed by atoms with Gasteiger partial charge in [0.15, 0.2) is 0 Å². The van der Waals surface area contributed by atoms with Gasteiger partial charge < -0.3 is 24.7 Å². The van der Waals surface area contributed by atoms with E-state index in [-0.39, 0.29) is 70.6 Å². The third kappa shape index (κ3) is 11.3. The van der Waals surface area contributed by atoms with E-state index in [4.69, 9.17) is 29.4 Å². The molecule has 1 aromatic rings. The van der Waals surface area contributed by atoms with Crippen LogP contribution in [0.25, 0.3) is 11.6 Å². The molecule has 6 rings (SSSR count). The summed E-state index contributed by atoms with van der Waals surface area (Å²) < 4.78 is 10.8. The molecule has 0 unspecified atom stereocenters. The number of carbonyl (C=O) groups is 3. The number of ether oxygens (including phenoxy) is 2. The molecule has 12 heteroatoms. The first-order valence-electron chi connectivity index (χ1n) is 24.1. The predicted molar refractivity (Wildman–Crippen MR) is 267 cm³/mol. The number of aliphatic imine (C=N–C) groups is 3. The van der Waals surface area contributed by atoms with E-state index in [1.807, 2.05) is 32.9 Å². The van der Waals surface area contributed by atoms with Gasteiger partial charge in [-0.1, -0.05) is 116 Å². The summed E-state index contributed by atoms with van der Waals surface area (Å²) in [6, 6.07) is 0. The Hall–Kier alpha value is -4.65. The number of hydrogen-bond acceptors (Lipinski definition) is 10. The zero-order valence-corrected chi connectivity index (χ0v) is 43.1. The number of fused-ring (bicyclic) bond motifs is 5. The summed E-state index contributed by atoms with van der Waals surface area (Å²) in [5.74, 6) is -1.05. The number of allylic oxidation sites excluding steroid dienone is 9. The molecule has 354 valence electrons. The fraction of sp³-hybridized carbons (Fsp3) is 0.527. The topological polar surface area (TPSA) is 164 Å². The minimum absolute atomic E-state index is 0. The van der Waals surface area contributed by atoms with Crippen LogP contribution in [0, 0.1) is 36.5 Å². The quantitative estimate of drug-likeness (QED) is 0.0451. The van der Waals surface area contributed by atoms with Gasteiger partial charge in [-0.2, -0.15) is 0 Å². The van der Waals surface area contributed by atoms with Crippen molar-refractivity contribution in [2.45, 2.75) is 145 Å². The van der Waals surface area contributed by atoms with Crippen LogP contribution in [0.15, 0.2) is 97.1 Å². The van der Waals surface area contributed by atoms with Crippen molar-refractivity contribution in [2.24, 2.45) is 44.6 Å². The number of aromatic nitrogens is 1. The molecule has 5 aliphatic rings. The van der Waals surface area contributed by atoms with Crippen molar-refractivity contribution in [2.75, 3.05) is 13.7 Å². The third-order valence-corrected chi connectivity index (χ3v) is 14.2. The van der Waals surface area contributed by atoms with E-state index in [2.05, 4.69) is 41.2 Å². The maximum absolute atomic E-state index is 14.4. The zero-order chi connectivity index (χ0) is 48.0. The number of esters is 2. The molecule has 0 spiro atoms. The summed E-state index contributed by atoms with van der Waals surface area (Å²) in [5.41, 5.74) is 4.58. The number of methoxy groups -OCH3 is 1. The second kappa shape index (κ2) is 23.1. The Morgan fingerprint density at radius 2 is 1.64 bits per heavy atom. The molecule has 0 aromatic carbocycles. The number of hydrogen-bond donors (Lipinski definition) is 1.